The summed E-state index contributed by atoms with van der Waals surface area (Å²) in [5, 5.41) is 62.6. The Labute approximate surface area is 267 Å². The second kappa shape index (κ2) is 11.1. The molecule has 5 fully saturated rings. The summed E-state index contributed by atoms with van der Waals surface area (Å²) in [7, 11) is 0. The van der Waals surface area contributed by atoms with E-state index in [9.17, 15) is 35.4 Å². The third-order valence-electron chi connectivity index (χ3n) is 15.1. The molecule has 0 aromatic rings. The molecule has 9 heteroatoms. The van der Waals surface area contributed by atoms with E-state index in [0.717, 1.165) is 44.1 Å². The van der Waals surface area contributed by atoms with Crippen LogP contribution in [-0.2, 0) is 14.3 Å². The fourth-order valence-electron chi connectivity index (χ4n) is 11.8. The van der Waals surface area contributed by atoms with Crippen molar-refractivity contribution in [2.45, 2.75) is 129 Å². The Morgan fingerprint density at radius 1 is 0.933 bits per heavy atom. The summed E-state index contributed by atoms with van der Waals surface area (Å²) >= 11 is 0. The minimum Gasteiger partial charge on any atom is -0.432 e. The van der Waals surface area contributed by atoms with Crippen LogP contribution in [0.3, 0.4) is 0 Å². The molecule has 5 aliphatic carbocycles. The molecule has 9 nitrogen and oxygen atoms in total. The van der Waals surface area contributed by atoms with Crippen molar-refractivity contribution in [3.05, 3.63) is 23.8 Å². The molecule has 0 unspecified atom stereocenters. The average Bonchev–Trinajstić information content (AvgIpc) is 3.01. The van der Waals surface area contributed by atoms with Crippen molar-refractivity contribution in [2.75, 3.05) is 13.2 Å². The third kappa shape index (κ3) is 4.40. The van der Waals surface area contributed by atoms with Crippen LogP contribution in [0.25, 0.3) is 0 Å². The molecule has 0 bridgehead atoms. The molecule has 4 saturated carbocycles. The van der Waals surface area contributed by atoms with Crippen LogP contribution in [-0.4, -0.2) is 86.6 Å². The fourth-order valence-corrected chi connectivity index (χ4v) is 11.8. The van der Waals surface area contributed by atoms with Crippen molar-refractivity contribution >= 4 is 5.97 Å². The number of allylic oxidation sites excluding steroid dienone is 3. The van der Waals surface area contributed by atoms with E-state index < -0.39 is 60.2 Å². The summed E-state index contributed by atoms with van der Waals surface area (Å²) in [4.78, 5) is 14.4. The van der Waals surface area contributed by atoms with Crippen LogP contribution in [0.5, 0.6) is 0 Å². The number of hydrogen-bond acceptors (Lipinski definition) is 9. The van der Waals surface area contributed by atoms with Crippen LogP contribution in [0.15, 0.2) is 23.8 Å². The molecular weight excluding hydrogens is 576 g/mol. The molecule has 0 spiro atoms. The Balaban J connectivity index is 1.36. The average molecular weight is 633 g/mol. The maximum atomic E-state index is 14.4. The molecular formula is C36H56O9. The lowest BCUT2D eigenvalue weighted by Gasteiger charge is -2.71. The zero-order valence-electron chi connectivity index (χ0n) is 27.7. The largest absolute Gasteiger partial charge is 0.432 e. The summed E-state index contributed by atoms with van der Waals surface area (Å²) in [5.41, 5.74) is 0.562. The molecule has 254 valence electrons. The smallest absolute Gasteiger partial charge is 0.315 e. The number of ether oxygens (including phenoxy) is 2. The first kappa shape index (κ1) is 33.6. The molecule has 1 aliphatic heterocycles. The van der Waals surface area contributed by atoms with Gasteiger partial charge >= 0.3 is 5.97 Å². The van der Waals surface area contributed by atoms with E-state index in [-0.39, 0.29) is 40.6 Å². The van der Waals surface area contributed by atoms with Gasteiger partial charge in [0.05, 0.1) is 24.7 Å². The lowest BCUT2D eigenvalue weighted by atomic mass is 9.33. The van der Waals surface area contributed by atoms with Gasteiger partial charge in [0.1, 0.15) is 24.4 Å². The highest BCUT2D eigenvalue weighted by molar-refractivity contribution is 5.80. The van der Waals surface area contributed by atoms with Crippen LogP contribution in [0.1, 0.15) is 92.4 Å². The number of carbonyl (C=O) groups excluding carboxylic acids is 1. The maximum Gasteiger partial charge on any atom is 0.315 e. The van der Waals surface area contributed by atoms with Gasteiger partial charge in [-0.2, -0.15) is 0 Å². The van der Waals surface area contributed by atoms with Gasteiger partial charge in [-0.15, -0.1) is 0 Å². The lowest BCUT2D eigenvalue weighted by molar-refractivity contribution is -0.297. The molecule has 15 atom stereocenters. The zero-order chi connectivity index (χ0) is 32.9. The minimum absolute atomic E-state index is 0.0188. The highest BCUT2D eigenvalue weighted by Gasteiger charge is 2.70. The minimum atomic E-state index is -1.65. The third-order valence-corrected chi connectivity index (χ3v) is 15.1. The van der Waals surface area contributed by atoms with Gasteiger partial charge in [-0.1, -0.05) is 58.4 Å². The van der Waals surface area contributed by atoms with Crippen molar-refractivity contribution in [3.63, 3.8) is 0 Å². The first-order chi connectivity index (χ1) is 21.1. The van der Waals surface area contributed by atoms with Gasteiger partial charge in [0, 0.05) is 11.3 Å². The summed E-state index contributed by atoms with van der Waals surface area (Å²) < 4.78 is 11.5. The van der Waals surface area contributed by atoms with Crippen LogP contribution in [0.4, 0.5) is 0 Å². The van der Waals surface area contributed by atoms with E-state index in [4.69, 9.17) is 9.47 Å². The standard InChI is InChI=1S/C36H56O9/c1-19-9-14-36(31(43)45-30-29(42)28(41)27(40)22(17-37)44-30)16-15-34(5)21(26(36)20(19)2)7-8-24-32(3)12-11-25(39)33(4,18-38)23(32)10-13-35(24,34)6/h7,19,22-30,37-42H,2,8-18H2,1,3-6H3/t19-,22-,23-,24-,25+,26+,27-,28+,29-,30+,32+,33+,34-,35-,36+/m1/s1. The molecule has 1 heterocycles. The van der Waals surface area contributed by atoms with Gasteiger partial charge in [-0.05, 0) is 91.8 Å². The monoisotopic (exact) mass is 632 g/mol. The van der Waals surface area contributed by atoms with Crippen LogP contribution < -0.4 is 0 Å². The van der Waals surface area contributed by atoms with E-state index in [0.29, 0.717) is 25.2 Å². The van der Waals surface area contributed by atoms with Gasteiger partial charge in [-0.3, -0.25) is 4.79 Å². The molecule has 6 rings (SSSR count). The van der Waals surface area contributed by atoms with Crippen LogP contribution >= 0.6 is 0 Å². The number of aliphatic hydroxyl groups excluding tert-OH is 6. The molecule has 6 N–H and O–H groups in total. The first-order valence-corrected chi connectivity index (χ1v) is 17.3. The first-order valence-electron chi connectivity index (χ1n) is 17.3. The van der Waals surface area contributed by atoms with Gasteiger partial charge in [0.25, 0.3) is 0 Å². The number of aliphatic hydroxyl groups is 6. The van der Waals surface area contributed by atoms with E-state index in [1.165, 1.54) is 5.57 Å². The van der Waals surface area contributed by atoms with E-state index >= 15 is 0 Å². The zero-order valence-corrected chi connectivity index (χ0v) is 27.7. The number of fused-ring (bicyclic) bond motifs is 7. The van der Waals surface area contributed by atoms with Crippen molar-refractivity contribution in [2.24, 2.45) is 50.7 Å². The maximum absolute atomic E-state index is 14.4. The highest BCUT2D eigenvalue weighted by atomic mass is 16.7. The Bertz CT molecular complexity index is 1230. The summed E-state index contributed by atoms with van der Waals surface area (Å²) in [6.07, 6.45) is 1.57. The van der Waals surface area contributed by atoms with Crippen molar-refractivity contribution in [1.29, 1.82) is 0 Å². The summed E-state index contributed by atoms with van der Waals surface area (Å²) in [5.74, 6) is 0.0672. The van der Waals surface area contributed by atoms with Crippen LogP contribution in [0, 0.1) is 50.7 Å². The quantitative estimate of drug-likeness (QED) is 0.202. The molecule has 1 saturated heterocycles. The highest BCUT2D eigenvalue weighted by Crippen LogP contribution is 2.75. The Morgan fingerprint density at radius 3 is 2.31 bits per heavy atom. The predicted molar refractivity (Wildman–Crippen MR) is 166 cm³/mol. The van der Waals surface area contributed by atoms with E-state index in [1.807, 2.05) is 0 Å². The fraction of sp³-hybridized carbons (Fsp3) is 0.861. The number of rotatable bonds is 4. The molecule has 45 heavy (non-hydrogen) atoms. The normalized spacial score (nSPS) is 54.6. The SMILES string of the molecule is C=C1[C@H]2C3=CC[C@@H]4[C@@]5(C)CC[C@H](O)[C@@](C)(CO)[C@@H]5CC[C@@]4(C)[C@]3(C)CC[C@@]2(C(=O)O[C@@H]2O[C@H](CO)[C@@H](O)[C@H](O)[C@H]2O)CC[C@H]1C. The number of carbonyl (C=O) groups is 1. The van der Waals surface area contributed by atoms with E-state index in [1.54, 1.807) is 0 Å². The number of esters is 1. The van der Waals surface area contributed by atoms with Crippen LogP contribution in [0.2, 0.25) is 0 Å². The van der Waals surface area contributed by atoms with Gasteiger partial charge in [0.2, 0.25) is 6.29 Å². The number of hydrogen-bond donors (Lipinski definition) is 6. The van der Waals surface area contributed by atoms with Crippen molar-refractivity contribution in [1.82, 2.24) is 0 Å². The molecule has 0 aromatic carbocycles. The molecule has 0 aromatic heterocycles. The Morgan fingerprint density at radius 2 is 1.64 bits per heavy atom. The summed E-state index contributed by atoms with van der Waals surface area (Å²) in [6, 6.07) is 0. The molecule has 6 aliphatic rings. The van der Waals surface area contributed by atoms with Crippen molar-refractivity contribution in [3.8, 4) is 0 Å². The predicted octanol–water partition coefficient (Wildman–Crippen LogP) is 3.24. The Hall–Kier alpha value is -1.33. The van der Waals surface area contributed by atoms with Gasteiger partial charge in [-0.25, -0.2) is 0 Å². The lowest BCUT2D eigenvalue weighted by Crippen LogP contribution is -2.66. The molecule has 0 amide bonds. The second-order valence-electron chi connectivity index (χ2n) is 16.7. The van der Waals surface area contributed by atoms with Gasteiger partial charge < -0.3 is 40.1 Å². The van der Waals surface area contributed by atoms with Gasteiger partial charge in [0.15, 0.2) is 0 Å². The second-order valence-corrected chi connectivity index (χ2v) is 16.7. The molecule has 0 radical (unpaired) electrons. The topological polar surface area (TPSA) is 157 Å². The Kier molecular flexibility index (Phi) is 8.29. The van der Waals surface area contributed by atoms with Crippen molar-refractivity contribution < 1.29 is 44.9 Å². The summed E-state index contributed by atoms with van der Waals surface area (Å²) in [6.45, 7) is 15.4. The van der Waals surface area contributed by atoms with E-state index in [2.05, 4.69) is 47.3 Å².